The zero-order valence-corrected chi connectivity index (χ0v) is 25.9. The smallest absolute Gasteiger partial charge is 0.416 e. The van der Waals surface area contributed by atoms with E-state index in [1.807, 2.05) is 30.3 Å². The molecule has 7 nitrogen and oxygen atoms in total. The number of nitrogens with one attached hydrogen (secondary N) is 2. The van der Waals surface area contributed by atoms with Crippen molar-refractivity contribution in [1.29, 1.82) is 0 Å². The van der Waals surface area contributed by atoms with Crippen LogP contribution in [0.2, 0.25) is 0 Å². The van der Waals surface area contributed by atoms with Crippen LogP contribution in [0, 0.1) is 7.14 Å². The Bertz CT molecular complexity index is 1510. The number of hydrogen-bond donors (Lipinski definition) is 2. The van der Waals surface area contributed by atoms with E-state index in [9.17, 15) is 18.0 Å². The lowest BCUT2D eigenvalue weighted by molar-refractivity contribution is -0.137. The molecule has 3 aromatic carbocycles. The Morgan fingerprint density at radius 3 is 2.62 bits per heavy atom. The highest BCUT2D eigenvalue weighted by Gasteiger charge is 2.30. The Morgan fingerprint density at radius 2 is 1.90 bits per heavy atom. The maximum Gasteiger partial charge on any atom is 0.416 e. The van der Waals surface area contributed by atoms with Crippen molar-refractivity contribution >= 4 is 79.5 Å². The molecule has 0 saturated heterocycles. The minimum absolute atomic E-state index is 0.0513. The van der Waals surface area contributed by atoms with Crippen molar-refractivity contribution in [2.45, 2.75) is 19.2 Å². The molecular formula is C27H21F3I2N4O3S. The van der Waals surface area contributed by atoms with E-state index < -0.39 is 17.6 Å². The number of thiazole rings is 1. The number of benzene rings is 3. The number of methoxy groups -OCH3 is 1. The number of hydrogen-bond acceptors (Lipinski definition) is 7. The highest BCUT2D eigenvalue weighted by atomic mass is 127. The van der Waals surface area contributed by atoms with Crippen molar-refractivity contribution in [3.05, 3.63) is 95.6 Å². The summed E-state index contributed by atoms with van der Waals surface area (Å²) in [5.41, 5.74) is 4.14. The van der Waals surface area contributed by atoms with Gasteiger partial charge in [0.25, 0.3) is 0 Å². The van der Waals surface area contributed by atoms with Crippen LogP contribution < -0.4 is 20.2 Å². The van der Waals surface area contributed by atoms with E-state index in [0.29, 0.717) is 34.5 Å². The summed E-state index contributed by atoms with van der Waals surface area (Å²) in [5.74, 6) is 0.751. The van der Waals surface area contributed by atoms with E-state index in [-0.39, 0.29) is 12.1 Å². The molecule has 1 aromatic heterocycles. The van der Waals surface area contributed by atoms with E-state index in [2.05, 4.69) is 66.0 Å². The van der Waals surface area contributed by atoms with E-state index in [4.69, 9.17) is 9.47 Å². The van der Waals surface area contributed by atoms with Crippen LogP contribution in [0.3, 0.4) is 0 Å². The second kappa shape index (κ2) is 13.6. The fourth-order valence-corrected chi connectivity index (χ4v) is 5.29. The van der Waals surface area contributed by atoms with E-state index in [0.717, 1.165) is 24.8 Å². The van der Waals surface area contributed by atoms with Gasteiger partial charge in [-0.05, 0) is 98.8 Å². The van der Waals surface area contributed by atoms with Crippen molar-refractivity contribution in [2.24, 2.45) is 5.10 Å². The van der Waals surface area contributed by atoms with Gasteiger partial charge in [0.05, 0.1) is 34.6 Å². The lowest BCUT2D eigenvalue weighted by atomic mass is 10.2. The molecule has 1 heterocycles. The predicted octanol–water partition coefficient (Wildman–Crippen LogP) is 7.40. The van der Waals surface area contributed by atoms with Crippen LogP contribution in [0.25, 0.3) is 0 Å². The first-order valence-electron chi connectivity index (χ1n) is 11.6. The summed E-state index contributed by atoms with van der Waals surface area (Å²) in [6, 6.07) is 16.5. The van der Waals surface area contributed by atoms with E-state index in [1.54, 1.807) is 18.6 Å². The third kappa shape index (κ3) is 8.54. The number of aromatic nitrogens is 1. The van der Waals surface area contributed by atoms with Crippen molar-refractivity contribution in [3.8, 4) is 11.5 Å². The summed E-state index contributed by atoms with van der Waals surface area (Å²) in [6.07, 6.45) is -3.00. The fourth-order valence-electron chi connectivity index (χ4n) is 3.42. The Kier molecular flexibility index (Phi) is 10.2. The average Bonchev–Trinajstić information content (AvgIpc) is 3.34. The van der Waals surface area contributed by atoms with Crippen molar-refractivity contribution in [2.75, 3.05) is 12.4 Å². The number of anilines is 2. The van der Waals surface area contributed by atoms with E-state index in [1.165, 1.54) is 29.7 Å². The molecule has 13 heteroatoms. The van der Waals surface area contributed by atoms with Gasteiger partial charge in [0, 0.05) is 14.6 Å². The third-order valence-electron chi connectivity index (χ3n) is 5.29. The SMILES string of the molecule is COc1cc(/C=N\NC(=O)Cc2csc(Nc3cccc(C(F)(F)F)c3)n2)cc(I)c1OCc1ccc(I)cc1. The van der Waals surface area contributed by atoms with Crippen LogP contribution in [0.15, 0.2) is 71.1 Å². The number of amides is 1. The Hall–Kier alpha value is -2.92. The predicted molar refractivity (Wildman–Crippen MR) is 165 cm³/mol. The average molecular weight is 792 g/mol. The minimum atomic E-state index is -4.44. The van der Waals surface area contributed by atoms with Gasteiger partial charge in [-0.2, -0.15) is 18.3 Å². The molecule has 2 N–H and O–H groups in total. The molecule has 208 valence electrons. The first-order chi connectivity index (χ1) is 19.1. The number of carbonyl (C=O) groups is 1. The molecule has 4 rings (SSSR count). The van der Waals surface area contributed by atoms with Crippen LogP contribution in [-0.4, -0.2) is 24.2 Å². The Labute approximate surface area is 259 Å². The summed E-state index contributed by atoms with van der Waals surface area (Å²) in [7, 11) is 1.55. The standard InChI is InChI=1S/C27H21F3I2N4O3S/c1-38-23-10-17(9-22(32)25(23)39-14-16-5-7-19(31)8-6-16)13-33-36-24(37)12-21-15-40-26(35-21)34-20-4-2-3-18(11-20)27(28,29)30/h2-11,13,15H,12,14H2,1H3,(H,34,35)(H,36,37)/b33-13-. The number of ether oxygens (including phenoxy) is 2. The number of halogens is 5. The topological polar surface area (TPSA) is 84.8 Å². The molecule has 1 amide bonds. The monoisotopic (exact) mass is 792 g/mol. The van der Waals surface area contributed by atoms with Crippen molar-refractivity contribution < 1.29 is 27.4 Å². The van der Waals surface area contributed by atoms with E-state index >= 15 is 0 Å². The van der Waals surface area contributed by atoms with Gasteiger partial charge in [0.1, 0.15) is 6.61 Å². The molecule has 0 aliphatic carbocycles. The maximum atomic E-state index is 12.9. The van der Waals surface area contributed by atoms with Crippen molar-refractivity contribution in [3.63, 3.8) is 0 Å². The number of carbonyl (C=O) groups excluding carboxylic acids is 1. The molecule has 40 heavy (non-hydrogen) atoms. The summed E-state index contributed by atoms with van der Waals surface area (Å²) >= 11 is 5.59. The molecule has 0 saturated carbocycles. The zero-order valence-electron chi connectivity index (χ0n) is 20.8. The number of hydrazone groups is 1. The lowest BCUT2D eigenvalue weighted by Gasteiger charge is -2.13. The van der Waals surface area contributed by atoms with Crippen LogP contribution >= 0.6 is 56.5 Å². The molecule has 0 atom stereocenters. The quantitative estimate of drug-likeness (QED) is 0.0995. The number of nitrogens with zero attached hydrogens (tertiary/aromatic N) is 2. The van der Waals surface area contributed by atoms with Gasteiger partial charge in [0.2, 0.25) is 5.91 Å². The van der Waals surface area contributed by atoms with Gasteiger partial charge in [0.15, 0.2) is 16.6 Å². The maximum absolute atomic E-state index is 12.9. The van der Waals surface area contributed by atoms with Crippen molar-refractivity contribution in [1.82, 2.24) is 10.4 Å². The van der Waals surface area contributed by atoms with Crippen LogP contribution in [0.4, 0.5) is 24.0 Å². The Morgan fingerprint density at radius 1 is 1.12 bits per heavy atom. The Balaban J connectivity index is 1.32. The van der Waals surface area contributed by atoms with Gasteiger partial charge >= 0.3 is 6.18 Å². The lowest BCUT2D eigenvalue weighted by Crippen LogP contribution is -2.20. The largest absolute Gasteiger partial charge is 0.493 e. The first-order valence-corrected chi connectivity index (χ1v) is 14.6. The molecule has 4 aromatic rings. The van der Waals surface area contributed by atoms with Gasteiger partial charge < -0.3 is 14.8 Å². The van der Waals surface area contributed by atoms with Crippen LogP contribution in [0.5, 0.6) is 11.5 Å². The highest BCUT2D eigenvalue weighted by molar-refractivity contribution is 14.1. The second-order valence-electron chi connectivity index (χ2n) is 8.27. The molecule has 0 bridgehead atoms. The van der Waals surface area contributed by atoms with Gasteiger partial charge in [-0.1, -0.05) is 18.2 Å². The summed E-state index contributed by atoms with van der Waals surface area (Å²) in [4.78, 5) is 16.6. The van der Waals surface area contributed by atoms with Gasteiger partial charge in [-0.15, -0.1) is 11.3 Å². The molecule has 0 spiro atoms. The second-order valence-corrected chi connectivity index (χ2v) is 11.5. The van der Waals surface area contributed by atoms with Gasteiger partial charge in [-0.25, -0.2) is 10.4 Å². The van der Waals surface area contributed by atoms with Crippen LogP contribution in [-0.2, 0) is 24.0 Å². The molecule has 0 unspecified atom stereocenters. The molecule has 0 fully saturated rings. The molecule has 0 aliphatic heterocycles. The number of alkyl halides is 3. The summed E-state index contributed by atoms with van der Waals surface area (Å²) in [6.45, 7) is 0.389. The minimum Gasteiger partial charge on any atom is -0.493 e. The summed E-state index contributed by atoms with van der Waals surface area (Å²) in [5, 5.41) is 8.89. The molecule has 0 radical (unpaired) electrons. The zero-order chi connectivity index (χ0) is 28.7. The molecule has 0 aliphatic rings. The van der Waals surface area contributed by atoms with Crippen LogP contribution in [0.1, 0.15) is 22.4 Å². The number of rotatable bonds is 10. The molecular weight excluding hydrogens is 771 g/mol. The fraction of sp³-hybridized carbons (Fsp3) is 0.148. The van der Waals surface area contributed by atoms with Gasteiger partial charge in [-0.3, -0.25) is 4.79 Å². The summed E-state index contributed by atoms with van der Waals surface area (Å²) < 4.78 is 52.3. The first kappa shape index (κ1) is 30.0. The normalized spacial score (nSPS) is 11.4. The third-order valence-corrected chi connectivity index (χ3v) is 7.61. The highest BCUT2D eigenvalue weighted by Crippen LogP contribution is 2.34.